The Morgan fingerprint density at radius 2 is 1.77 bits per heavy atom. The van der Waals surface area contributed by atoms with Crippen molar-refractivity contribution in [2.45, 2.75) is 33.1 Å². The minimum Gasteiger partial charge on any atom is -0.396 e. The Morgan fingerprint density at radius 3 is 2.31 bits per heavy atom. The van der Waals surface area contributed by atoms with E-state index in [9.17, 15) is 0 Å². The minimum atomic E-state index is 0.346. The molecule has 2 nitrogen and oxygen atoms in total. The van der Waals surface area contributed by atoms with Crippen molar-refractivity contribution in [2.24, 2.45) is 11.8 Å². The first-order chi connectivity index (χ1) is 6.22. The summed E-state index contributed by atoms with van der Waals surface area (Å²) in [7, 11) is 0. The highest BCUT2D eigenvalue weighted by atomic mass is 16.2. The topological polar surface area (TPSA) is 23.5 Å². The van der Waals surface area contributed by atoms with Gasteiger partial charge in [0.25, 0.3) is 0 Å². The molecule has 13 heavy (non-hydrogen) atoms. The van der Waals surface area contributed by atoms with E-state index in [0.29, 0.717) is 6.61 Å². The van der Waals surface area contributed by atoms with Gasteiger partial charge in [0.05, 0.1) is 0 Å². The summed E-state index contributed by atoms with van der Waals surface area (Å²) >= 11 is 0. The second-order valence-corrected chi connectivity index (χ2v) is 4.64. The fourth-order valence-corrected chi connectivity index (χ4v) is 2.42. The number of hydrogen-bond donors (Lipinski definition) is 1. The fraction of sp³-hybridized carbons (Fsp3) is 1.00. The molecule has 0 aromatic heterocycles. The third-order valence-corrected chi connectivity index (χ3v) is 2.83. The normalized spacial score (nSPS) is 30.7. The number of rotatable bonds is 4. The van der Waals surface area contributed by atoms with E-state index in [1.54, 1.807) is 0 Å². The average molecular weight is 185 g/mol. The van der Waals surface area contributed by atoms with Crippen LogP contribution >= 0.6 is 0 Å². The molecular formula is C11H23NO. The molecule has 0 bridgehead atoms. The Labute approximate surface area is 81.9 Å². The van der Waals surface area contributed by atoms with Gasteiger partial charge in [-0.25, -0.2) is 0 Å². The smallest absolute Gasteiger partial charge is 0.0431 e. The van der Waals surface area contributed by atoms with Crippen molar-refractivity contribution >= 4 is 0 Å². The highest BCUT2D eigenvalue weighted by Crippen LogP contribution is 2.20. The predicted octanol–water partition coefficient (Wildman–Crippen LogP) is 1.74. The van der Waals surface area contributed by atoms with Crippen LogP contribution in [0.25, 0.3) is 0 Å². The number of hydrogen-bond acceptors (Lipinski definition) is 2. The SMILES string of the molecule is CC1CC(C)CN(CCCCO)C1. The van der Waals surface area contributed by atoms with Crippen LogP contribution in [0, 0.1) is 11.8 Å². The number of aliphatic hydroxyl groups excluding tert-OH is 1. The third-order valence-electron chi connectivity index (χ3n) is 2.83. The summed E-state index contributed by atoms with van der Waals surface area (Å²) in [5, 5.41) is 8.68. The van der Waals surface area contributed by atoms with Gasteiger partial charge in [-0.05, 0) is 37.6 Å². The Hall–Kier alpha value is -0.0800. The fourth-order valence-electron chi connectivity index (χ4n) is 2.42. The summed E-state index contributed by atoms with van der Waals surface area (Å²) in [4.78, 5) is 2.55. The van der Waals surface area contributed by atoms with Crippen LogP contribution in [-0.2, 0) is 0 Å². The monoisotopic (exact) mass is 185 g/mol. The number of aliphatic hydroxyl groups is 1. The van der Waals surface area contributed by atoms with Crippen molar-refractivity contribution in [3.05, 3.63) is 0 Å². The molecule has 78 valence electrons. The van der Waals surface area contributed by atoms with Crippen LogP contribution in [-0.4, -0.2) is 36.2 Å². The van der Waals surface area contributed by atoms with E-state index in [-0.39, 0.29) is 0 Å². The number of unbranched alkanes of at least 4 members (excludes halogenated alkanes) is 1. The maximum atomic E-state index is 8.68. The molecule has 2 heteroatoms. The first-order valence-corrected chi connectivity index (χ1v) is 5.55. The lowest BCUT2D eigenvalue weighted by Crippen LogP contribution is -2.39. The molecule has 0 amide bonds. The van der Waals surface area contributed by atoms with Gasteiger partial charge < -0.3 is 10.0 Å². The maximum absolute atomic E-state index is 8.68. The van der Waals surface area contributed by atoms with Gasteiger partial charge >= 0.3 is 0 Å². The summed E-state index contributed by atoms with van der Waals surface area (Å²) < 4.78 is 0. The molecule has 0 aromatic rings. The van der Waals surface area contributed by atoms with E-state index in [2.05, 4.69) is 18.7 Å². The highest BCUT2D eigenvalue weighted by molar-refractivity contribution is 4.74. The number of nitrogens with zero attached hydrogens (tertiary/aromatic N) is 1. The quantitative estimate of drug-likeness (QED) is 0.674. The molecule has 2 unspecified atom stereocenters. The van der Waals surface area contributed by atoms with Crippen LogP contribution in [0.3, 0.4) is 0 Å². The zero-order chi connectivity index (χ0) is 9.68. The summed E-state index contributed by atoms with van der Waals surface area (Å²) in [5.74, 6) is 1.72. The molecule has 1 rings (SSSR count). The van der Waals surface area contributed by atoms with E-state index in [0.717, 1.165) is 24.7 Å². The van der Waals surface area contributed by atoms with Gasteiger partial charge in [0.1, 0.15) is 0 Å². The van der Waals surface area contributed by atoms with Gasteiger partial charge in [-0.1, -0.05) is 13.8 Å². The van der Waals surface area contributed by atoms with Gasteiger partial charge in [0, 0.05) is 19.7 Å². The summed E-state index contributed by atoms with van der Waals surface area (Å²) in [5.41, 5.74) is 0. The molecule has 0 aromatic carbocycles. The molecule has 1 heterocycles. The van der Waals surface area contributed by atoms with Crippen molar-refractivity contribution in [3.63, 3.8) is 0 Å². The Bertz CT molecular complexity index is 128. The lowest BCUT2D eigenvalue weighted by molar-refractivity contribution is 0.136. The van der Waals surface area contributed by atoms with Gasteiger partial charge in [-0.15, -0.1) is 0 Å². The first kappa shape index (κ1) is 11.0. The van der Waals surface area contributed by atoms with Crippen molar-refractivity contribution in [2.75, 3.05) is 26.2 Å². The van der Waals surface area contributed by atoms with Crippen molar-refractivity contribution in [1.29, 1.82) is 0 Å². The van der Waals surface area contributed by atoms with Gasteiger partial charge in [-0.2, -0.15) is 0 Å². The van der Waals surface area contributed by atoms with E-state index < -0.39 is 0 Å². The Balaban J connectivity index is 2.17. The van der Waals surface area contributed by atoms with Crippen LogP contribution in [0.15, 0.2) is 0 Å². The van der Waals surface area contributed by atoms with E-state index in [4.69, 9.17) is 5.11 Å². The second kappa shape index (κ2) is 5.61. The zero-order valence-corrected chi connectivity index (χ0v) is 9.00. The third kappa shape index (κ3) is 4.10. The van der Waals surface area contributed by atoms with Crippen LogP contribution in [0.2, 0.25) is 0 Å². The molecule has 2 atom stereocenters. The largest absolute Gasteiger partial charge is 0.396 e. The van der Waals surface area contributed by atoms with E-state index in [1.807, 2.05) is 0 Å². The summed E-state index contributed by atoms with van der Waals surface area (Å²) in [6.45, 7) is 8.73. The molecule has 0 saturated carbocycles. The zero-order valence-electron chi connectivity index (χ0n) is 9.00. The lowest BCUT2D eigenvalue weighted by Gasteiger charge is -2.34. The second-order valence-electron chi connectivity index (χ2n) is 4.64. The van der Waals surface area contributed by atoms with Crippen LogP contribution in [0.5, 0.6) is 0 Å². The van der Waals surface area contributed by atoms with E-state index in [1.165, 1.54) is 26.1 Å². The van der Waals surface area contributed by atoms with Crippen molar-refractivity contribution in [3.8, 4) is 0 Å². The average Bonchev–Trinajstić information content (AvgIpc) is 2.03. The Morgan fingerprint density at radius 1 is 1.15 bits per heavy atom. The van der Waals surface area contributed by atoms with Gasteiger partial charge in [0.15, 0.2) is 0 Å². The van der Waals surface area contributed by atoms with Crippen LogP contribution in [0.1, 0.15) is 33.1 Å². The molecule has 1 N–H and O–H groups in total. The lowest BCUT2D eigenvalue weighted by atomic mass is 9.92. The molecule has 0 radical (unpaired) electrons. The van der Waals surface area contributed by atoms with Crippen molar-refractivity contribution < 1.29 is 5.11 Å². The predicted molar refractivity (Wildman–Crippen MR) is 55.7 cm³/mol. The molecule has 0 spiro atoms. The molecule has 1 aliphatic heterocycles. The maximum Gasteiger partial charge on any atom is 0.0431 e. The van der Waals surface area contributed by atoms with Gasteiger partial charge in [0.2, 0.25) is 0 Å². The minimum absolute atomic E-state index is 0.346. The molecule has 1 fully saturated rings. The van der Waals surface area contributed by atoms with E-state index >= 15 is 0 Å². The van der Waals surface area contributed by atoms with Crippen LogP contribution in [0.4, 0.5) is 0 Å². The van der Waals surface area contributed by atoms with Crippen LogP contribution < -0.4 is 0 Å². The highest BCUT2D eigenvalue weighted by Gasteiger charge is 2.20. The molecule has 1 aliphatic rings. The Kier molecular flexibility index (Phi) is 4.74. The first-order valence-electron chi connectivity index (χ1n) is 5.55. The van der Waals surface area contributed by atoms with Gasteiger partial charge in [-0.3, -0.25) is 0 Å². The number of likely N-dealkylation sites (tertiary alicyclic amines) is 1. The standard InChI is InChI=1S/C11H23NO/c1-10-7-11(2)9-12(8-10)5-3-4-6-13/h10-11,13H,3-9H2,1-2H3. The summed E-state index contributed by atoms with van der Waals surface area (Å²) in [6, 6.07) is 0. The molecule has 0 aliphatic carbocycles. The molecular weight excluding hydrogens is 162 g/mol. The number of piperidine rings is 1. The summed E-state index contributed by atoms with van der Waals surface area (Å²) in [6.07, 6.45) is 3.49. The molecule has 1 saturated heterocycles. The van der Waals surface area contributed by atoms with Crippen molar-refractivity contribution in [1.82, 2.24) is 4.90 Å².